The fourth-order valence-electron chi connectivity index (χ4n) is 3.64. The highest BCUT2D eigenvalue weighted by Crippen LogP contribution is 2.29. The summed E-state index contributed by atoms with van der Waals surface area (Å²) < 4.78 is 31.5. The maximum absolute atomic E-state index is 13.3. The van der Waals surface area contributed by atoms with E-state index in [1.54, 1.807) is 49.4 Å². The summed E-state index contributed by atoms with van der Waals surface area (Å²) in [6.07, 6.45) is 1.43. The summed E-state index contributed by atoms with van der Waals surface area (Å²) in [5.41, 5.74) is 1.20. The molecule has 2 rings (SSSR count). The number of para-hydroxylation sites is 2. The Morgan fingerprint density at radius 3 is 2.37 bits per heavy atom. The molecule has 8 nitrogen and oxygen atoms in total. The molecule has 0 bridgehead atoms. The zero-order valence-corrected chi connectivity index (χ0v) is 22.4. The molecular weight excluding hydrogens is 490 g/mol. The van der Waals surface area contributed by atoms with E-state index in [4.69, 9.17) is 16.3 Å². The van der Waals surface area contributed by atoms with Gasteiger partial charge in [-0.1, -0.05) is 35.9 Å². The van der Waals surface area contributed by atoms with Crippen LogP contribution in [0.25, 0.3) is 0 Å². The van der Waals surface area contributed by atoms with Crippen LogP contribution in [-0.2, 0) is 26.2 Å². The molecule has 0 spiro atoms. The number of amides is 2. The molecule has 35 heavy (non-hydrogen) atoms. The van der Waals surface area contributed by atoms with Crippen LogP contribution >= 0.6 is 11.6 Å². The van der Waals surface area contributed by atoms with Crippen molar-refractivity contribution in [2.45, 2.75) is 52.2 Å². The van der Waals surface area contributed by atoms with Crippen LogP contribution in [0.1, 0.15) is 39.2 Å². The monoisotopic (exact) mass is 523 g/mol. The Balaban J connectivity index is 2.20. The van der Waals surface area contributed by atoms with Crippen molar-refractivity contribution in [3.63, 3.8) is 0 Å². The van der Waals surface area contributed by atoms with Gasteiger partial charge in [0, 0.05) is 30.6 Å². The van der Waals surface area contributed by atoms with Crippen molar-refractivity contribution in [3.8, 4) is 5.75 Å². The number of nitrogens with zero attached hydrogens (tertiary/aromatic N) is 2. The van der Waals surface area contributed by atoms with Crippen LogP contribution in [0.4, 0.5) is 5.69 Å². The number of benzene rings is 2. The minimum Gasteiger partial charge on any atom is -0.495 e. The molecule has 0 saturated heterocycles. The predicted molar refractivity (Wildman–Crippen MR) is 139 cm³/mol. The van der Waals surface area contributed by atoms with Crippen LogP contribution in [0.2, 0.25) is 5.02 Å². The lowest BCUT2D eigenvalue weighted by molar-refractivity contribution is -0.140. The van der Waals surface area contributed by atoms with Crippen molar-refractivity contribution >= 4 is 39.1 Å². The van der Waals surface area contributed by atoms with Crippen LogP contribution in [0.3, 0.4) is 0 Å². The number of rotatable bonds is 12. The van der Waals surface area contributed by atoms with Gasteiger partial charge in [0.2, 0.25) is 21.8 Å². The first-order valence-corrected chi connectivity index (χ1v) is 13.6. The lowest BCUT2D eigenvalue weighted by atomic mass is 10.1. The number of nitrogens with one attached hydrogen (secondary N) is 1. The number of halogens is 1. The summed E-state index contributed by atoms with van der Waals surface area (Å²) in [5.74, 6) is -0.0992. The first-order valence-electron chi connectivity index (χ1n) is 11.4. The van der Waals surface area contributed by atoms with Crippen molar-refractivity contribution < 1.29 is 22.7 Å². The van der Waals surface area contributed by atoms with E-state index in [1.807, 2.05) is 19.9 Å². The molecule has 0 aliphatic carbocycles. The normalized spacial score (nSPS) is 12.2. The number of carbonyl (C=O) groups is 2. The third kappa shape index (κ3) is 8.43. The van der Waals surface area contributed by atoms with E-state index < -0.39 is 16.1 Å². The van der Waals surface area contributed by atoms with Crippen LogP contribution in [0, 0.1) is 0 Å². The maximum Gasteiger partial charge on any atom is 0.242 e. The maximum atomic E-state index is 13.3. The average molecular weight is 524 g/mol. The number of hydrogen-bond donors (Lipinski definition) is 1. The summed E-state index contributed by atoms with van der Waals surface area (Å²) >= 11 is 6.11. The van der Waals surface area contributed by atoms with Gasteiger partial charge in [0.1, 0.15) is 11.8 Å². The topological polar surface area (TPSA) is 96.0 Å². The number of methoxy groups -OCH3 is 1. The van der Waals surface area contributed by atoms with E-state index in [-0.39, 0.29) is 43.8 Å². The second-order valence-electron chi connectivity index (χ2n) is 8.60. The Bertz CT molecular complexity index is 1120. The Morgan fingerprint density at radius 1 is 1.09 bits per heavy atom. The van der Waals surface area contributed by atoms with Crippen molar-refractivity contribution in [1.82, 2.24) is 10.2 Å². The van der Waals surface area contributed by atoms with Gasteiger partial charge in [-0.3, -0.25) is 13.9 Å². The molecule has 2 aromatic carbocycles. The zero-order chi connectivity index (χ0) is 26.2. The SMILES string of the molecule is COc1ccccc1N(CCCC(=O)N(Cc1cccc(Cl)c1)[C@@H](C)C(=O)NC(C)C)S(C)(=O)=O. The standard InChI is InChI=1S/C25H34ClN3O5S/c1-18(2)27-25(31)19(3)28(17-20-10-8-11-21(26)16-20)24(30)14-9-15-29(35(5,32)33)22-12-6-7-13-23(22)34-4/h6-8,10-13,16,18-19H,9,14-15,17H2,1-5H3,(H,27,31)/t19-/m0/s1. The third-order valence-corrected chi connectivity index (χ3v) is 6.76. The first kappa shape index (κ1) is 28.5. The smallest absolute Gasteiger partial charge is 0.242 e. The average Bonchev–Trinajstić information content (AvgIpc) is 2.78. The molecule has 10 heteroatoms. The molecule has 0 aliphatic rings. The van der Waals surface area contributed by atoms with Crippen LogP contribution in [-0.4, -0.2) is 57.1 Å². The van der Waals surface area contributed by atoms with Crippen molar-refractivity contribution in [2.24, 2.45) is 0 Å². The molecule has 0 unspecified atom stereocenters. The highest BCUT2D eigenvalue weighted by molar-refractivity contribution is 7.92. The van der Waals surface area contributed by atoms with Crippen LogP contribution < -0.4 is 14.4 Å². The van der Waals surface area contributed by atoms with E-state index in [2.05, 4.69) is 5.32 Å². The summed E-state index contributed by atoms with van der Waals surface area (Å²) in [5, 5.41) is 3.38. The second kappa shape index (κ2) is 12.8. The molecule has 0 aromatic heterocycles. The lowest BCUT2D eigenvalue weighted by Gasteiger charge is -2.30. The van der Waals surface area contributed by atoms with E-state index in [1.165, 1.54) is 16.3 Å². The number of anilines is 1. The molecule has 2 aromatic rings. The first-order chi connectivity index (χ1) is 16.4. The molecule has 1 atom stereocenters. The van der Waals surface area contributed by atoms with Gasteiger partial charge in [-0.25, -0.2) is 8.42 Å². The minimum absolute atomic E-state index is 0.0566. The van der Waals surface area contributed by atoms with E-state index >= 15 is 0 Å². The van der Waals surface area contributed by atoms with E-state index in [9.17, 15) is 18.0 Å². The summed E-state index contributed by atoms with van der Waals surface area (Å²) in [7, 11) is -2.14. The summed E-state index contributed by atoms with van der Waals surface area (Å²) in [6.45, 7) is 5.67. The largest absolute Gasteiger partial charge is 0.495 e. The van der Waals surface area contributed by atoms with E-state index in [0.29, 0.717) is 16.5 Å². The fraction of sp³-hybridized carbons (Fsp3) is 0.440. The highest BCUT2D eigenvalue weighted by Gasteiger charge is 2.27. The quantitative estimate of drug-likeness (QED) is 0.456. The van der Waals surface area contributed by atoms with Gasteiger partial charge < -0.3 is 15.0 Å². The van der Waals surface area contributed by atoms with Gasteiger partial charge in [0.15, 0.2) is 0 Å². The Hall–Kier alpha value is -2.78. The van der Waals surface area contributed by atoms with Gasteiger partial charge in [-0.2, -0.15) is 0 Å². The highest BCUT2D eigenvalue weighted by atomic mass is 35.5. The molecule has 0 heterocycles. The number of carbonyl (C=O) groups excluding carboxylic acids is 2. The summed E-state index contributed by atoms with van der Waals surface area (Å²) in [4.78, 5) is 27.5. The molecular formula is C25H34ClN3O5S. The second-order valence-corrected chi connectivity index (χ2v) is 10.9. The zero-order valence-electron chi connectivity index (χ0n) is 20.8. The molecule has 2 amide bonds. The fourth-order valence-corrected chi connectivity index (χ4v) is 4.82. The third-order valence-electron chi connectivity index (χ3n) is 5.35. The van der Waals surface area contributed by atoms with Gasteiger partial charge in [-0.15, -0.1) is 0 Å². The minimum atomic E-state index is -3.62. The molecule has 0 radical (unpaired) electrons. The van der Waals surface area contributed by atoms with Crippen LogP contribution in [0.15, 0.2) is 48.5 Å². The molecule has 1 N–H and O–H groups in total. The number of ether oxygens (including phenoxy) is 1. The Labute approximate surface area is 213 Å². The van der Waals surface area contributed by atoms with E-state index in [0.717, 1.165) is 11.8 Å². The Morgan fingerprint density at radius 2 is 1.77 bits per heavy atom. The molecule has 0 aliphatic heterocycles. The van der Waals surface area contributed by atoms with Crippen molar-refractivity contribution in [3.05, 3.63) is 59.1 Å². The van der Waals surface area contributed by atoms with Crippen LogP contribution in [0.5, 0.6) is 5.75 Å². The number of hydrogen-bond acceptors (Lipinski definition) is 5. The molecule has 192 valence electrons. The summed E-state index contributed by atoms with van der Waals surface area (Å²) in [6, 6.07) is 13.1. The van der Waals surface area contributed by atoms with Gasteiger partial charge in [0.05, 0.1) is 19.1 Å². The molecule has 0 saturated carbocycles. The lowest BCUT2D eigenvalue weighted by Crippen LogP contribution is -2.49. The Kier molecular flexibility index (Phi) is 10.4. The number of sulfonamides is 1. The van der Waals surface area contributed by atoms with Gasteiger partial charge in [-0.05, 0) is 57.0 Å². The van der Waals surface area contributed by atoms with Gasteiger partial charge in [0.25, 0.3) is 0 Å². The predicted octanol–water partition coefficient (Wildman–Crippen LogP) is 3.84. The molecule has 0 fully saturated rings. The van der Waals surface area contributed by atoms with Crippen molar-refractivity contribution in [2.75, 3.05) is 24.2 Å². The van der Waals surface area contributed by atoms with Crippen molar-refractivity contribution in [1.29, 1.82) is 0 Å². The van der Waals surface area contributed by atoms with Gasteiger partial charge >= 0.3 is 0 Å².